The van der Waals surface area contributed by atoms with Gasteiger partial charge in [-0.15, -0.1) is 11.3 Å². The highest BCUT2D eigenvalue weighted by Crippen LogP contribution is 2.30. The maximum Gasteiger partial charge on any atom is 0.221 e. The molecule has 0 radical (unpaired) electrons. The van der Waals surface area contributed by atoms with E-state index in [1.807, 2.05) is 17.5 Å². The second-order valence-electron chi connectivity index (χ2n) is 8.27. The number of amides is 1. The van der Waals surface area contributed by atoms with Crippen molar-refractivity contribution >= 4 is 27.1 Å². The third kappa shape index (κ3) is 4.92. The number of aryl methyl sites for hydroxylation is 2. The Labute approximate surface area is 177 Å². The van der Waals surface area contributed by atoms with E-state index in [9.17, 15) is 13.2 Å². The van der Waals surface area contributed by atoms with E-state index >= 15 is 0 Å². The molecule has 2 aliphatic rings. The van der Waals surface area contributed by atoms with Gasteiger partial charge >= 0.3 is 0 Å². The smallest absolute Gasteiger partial charge is 0.221 e. The van der Waals surface area contributed by atoms with E-state index in [1.54, 1.807) is 11.3 Å². The monoisotopic (exact) mass is 431 g/mol. The van der Waals surface area contributed by atoms with E-state index < -0.39 is 9.84 Å². The van der Waals surface area contributed by atoms with Gasteiger partial charge in [-0.25, -0.2) is 8.42 Å². The molecule has 4 rings (SSSR count). The zero-order chi connectivity index (χ0) is 20.3. The van der Waals surface area contributed by atoms with Crippen molar-refractivity contribution in [3.05, 3.63) is 57.3 Å². The molecular formula is C23H29NO3S2. The third-order valence-corrected chi connectivity index (χ3v) is 9.46. The van der Waals surface area contributed by atoms with Gasteiger partial charge in [0.05, 0.1) is 17.0 Å². The average molecular weight is 432 g/mol. The lowest BCUT2D eigenvalue weighted by Gasteiger charge is -2.22. The van der Waals surface area contributed by atoms with Crippen LogP contribution in [0.3, 0.4) is 0 Å². The topological polar surface area (TPSA) is 63.2 Å². The van der Waals surface area contributed by atoms with E-state index in [2.05, 4.69) is 23.5 Å². The zero-order valence-electron chi connectivity index (χ0n) is 16.7. The zero-order valence-corrected chi connectivity index (χ0v) is 18.4. The minimum absolute atomic E-state index is 0.0334. The summed E-state index contributed by atoms with van der Waals surface area (Å²) in [5.74, 6) is -0.243. The van der Waals surface area contributed by atoms with Crippen molar-refractivity contribution in [1.29, 1.82) is 0 Å². The molecule has 4 nitrogen and oxygen atoms in total. The molecule has 2 aromatic rings. The van der Waals surface area contributed by atoms with Crippen LogP contribution < -0.4 is 5.32 Å². The van der Waals surface area contributed by atoms with Crippen LogP contribution in [-0.4, -0.2) is 25.3 Å². The van der Waals surface area contributed by atoms with Crippen molar-refractivity contribution in [3.63, 3.8) is 0 Å². The Kier molecular flexibility index (Phi) is 6.40. The maximum atomic E-state index is 12.7. The molecule has 1 atom stereocenters. The number of hydrogen-bond donors (Lipinski definition) is 1. The fraction of sp³-hybridized carbons (Fsp3) is 0.522. The highest BCUT2D eigenvalue weighted by Gasteiger charge is 2.29. The van der Waals surface area contributed by atoms with Gasteiger partial charge in [0.15, 0.2) is 9.84 Å². The van der Waals surface area contributed by atoms with Crippen molar-refractivity contribution in [3.8, 4) is 0 Å². The van der Waals surface area contributed by atoms with Crippen LogP contribution in [0.25, 0.3) is 0 Å². The molecule has 1 N–H and O–H groups in total. The van der Waals surface area contributed by atoms with Crippen LogP contribution in [0.2, 0.25) is 0 Å². The van der Waals surface area contributed by atoms with E-state index in [-0.39, 0.29) is 29.4 Å². The lowest BCUT2D eigenvalue weighted by atomic mass is 9.89. The first-order valence-corrected chi connectivity index (χ1v) is 13.3. The molecule has 1 unspecified atom stereocenters. The number of thiophene rings is 1. The maximum absolute atomic E-state index is 12.7. The molecule has 0 bridgehead atoms. The van der Waals surface area contributed by atoms with Crippen LogP contribution in [0.1, 0.15) is 72.6 Å². The molecule has 1 aromatic heterocycles. The summed E-state index contributed by atoms with van der Waals surface area (Å²) in [5, 5.41) is 4.88. The minimum atomic E-state index is -3.18. The van der Waals surface area contributed by atoms with E-state index in [0.29, 0.717) is 0 Å². The van der Waals surface area contributed by atoms with Crippen molar-refractivity contribution < 1.29 is 13.2 Å². The summed E-state index contributed by atoms with van der Waals surface area (Å²) in [4.78, 5) is 13.8. The Morgan fingerprint density at radius 1 is 1.07 bits per heavy atom. The molecule has 0 aliphatic heterocycles. The first-order valence-electron chi connectivity index (χ1n) is 10.7. The van der Waals surface area contributed by atoms with Gasteiger partial charge in [-0.1, -0.05) is 37.1 Å². The van der Waals surface area contributed by atoms with Gasteiger partial charge in [0.1, 0.15) is 0 Å². The van der Waals surface area contributed by atoms with Crippen LogP contribution in [0, 0.1) is 0 Å². The summed E-state index contributed by atoms with van der Waals surface area (Å²) >= 11 is 1.62. The van der Waals surface area contributed by atoms with Crippen molar-refractivity contribution in [1.82, 2.24) is 5.32 Å². The SMILES string of the molecule is O=C(CCS(=O)(=O)C1CCCC1)NC(c1ccc2c(c1)CCCC2)c1cccs1. The molecular weight excluding hydrogens is 402 g/mol. The molecule has 0 spiro atoms. The number of carbonyl (C=O) groups excluding carboxylic acids is 1. The van der Waals surface area contributed by atoms with Gasteiger partial charge in [0, 0.05) is 11.3 Å². The largest absolute Gasteiger partial charge is 0.344 e. The average Bonchev–Trinajstić information content (AvgIpc) is 3.45. The lowest BCUT2D eigenvalue weighted by molar-refractivity contribution is -0.121. The molecule has 1 heterocycles. The second-order valence-corrected chi connectivity index (χ2v) is 11.7. The lowest BCUT2D eigenvalue weighted by Crippen LogP contribution is -2.31. The standard InChI is InChI=1S/C23H29NO3S2/c25-22(13-15-29(26,27)20-8-3-4-9-20)24-23(21-10-5-14-28-21)19-12-11-17-6-1-2-7-18(17)16-19/h5,10-12,14,16,20,23H,1-4,6-9,13,15H2,(H,24,25). The fourth-order valence-corrected chi connectivity index (χ4v) is 7.25. The summed E-state index contributed by atoms with van der Waals surface area (Å²) in [6, 6.07) is 10.3. The van der Waals surface area contributed by atoms with Gasteiger partial charge in [-0.2, -0.15) is 0 Å². The van der Waals surface area contributed by atoms with Gasteiger partial charge in [0.25, 0.3) is 0 Å². The normalized spacial score (nSPS) is 18.3. The van der Waals surface area contributed by atoms with Gasteiger partial charge in [-0.05, 0) is 66.7 Å². The second kappa shape index (κ2) is 9.00. The molecule has 1 fully saturated rings. The molecule has 6 heteroatoms. The summed E-state index contributed by atoms with van der Waals surface area (Å²) in [5.41, 5.74) is 3.88. The van der Waals surface area contributed by atoms with Crippen molar-refractivity contribution in [2.24, 2.45) is 0 Å². The highest BCUT2D eigenvalue weighted by atomic mass is 32.2. The van der Waals surface area contributed by atoms with Crippen LogP contribution in [-0.2, 0) is 27.5 Å². The molecule has 0 saturated heterocycles. The van der Waals surface area contributed by atoms with Crippen LogP contribution in [0.4, 0.5) is 0 Å². The van der Waals surface area contributed by atoms with Crippen LogP contribution in [0.5, 0.6) is 0 Å². The first-order chi connectivity index (χ1) is 14.0. The van der Waals surface area contributed by atoms with Crippen molar-refractivity contribution in [2.75, 3.05) is 5.75 Å². The summed E-state index contributed by atoms with van der Waals surface area (Å²) in [7, 11) is -3.18. The Hall–Kier alpha value is -1.66. The highest BCUT2D eigenvalue weighted by molar-refractivity contribution is 7.92. The van der Waals surface area contributed by atoms with E-state index in [1.165, 1.54) is 24.0 Å². The number of rotatable bonds is 7. The molecule has 29 heavy (non-hydrogen) atoms. The molecule has 1 aromatic carbocycles. The fourth-order valence-electron chi connectivity index (χ4n) is 4.59. The third-order valence-electron chi connectivity index (χ3n) is 6.26. The summed E-state index contributed by atoms with van der Waals surface area (Å²) < 4.78 is 25.0. The number of benzene rings is 1. The predicted molar refractivity (Wildman–Crippen MR) is 118 cm³/mol. The number of hydrogen-bond acceptors (Lipinski definition) is 4. The quantitative estimate of drug-likeness (QED) is 0.698. The first kappa shape index (κ1) is 20.6. The van der Waals surface area contributed by atoms with E-state index in [4.69, 9.17) is 0 Å². The number of fused-ring (bicyclic) bond motifs is 1. The Bertz CT molecular complexity index is 945. The molecule has 1 saturated carbocycles. The van der Waals surface area contributed by atoms with Crippen LogP contribution in [0.15, 0.2) is 35.7 Å². The number of nitrogens with one attached hydrogen (secondary N) is 1. The van der Waals surface area contributed by atoms with Gasteiger partial charge in [0.2, 0.25) is 5.91 Å². The molecule has 2 aliphatic carbocycles. The van der Waals surface area contributed by atoms with Gasteiger partial charge in [-0.3, -0.25) is 4.79 Å². The molecule has 156 valence electrons. The van der Waals surface area contributed by atoms with Crippen molar-refractivity contribution in [2.45, 2.75) is 69.1 Å². The Balaban J connectivity index is 1.47. The minimum Gasteiger partial charge on any atom is -0.344 e. The number of carbonyl (C=O) groups is 1. The summed E-state index contributed by atoms with van der Waals surface area (Å²) in [6.07, 6.45) is 8.17. The van der Waals surface area contributed by atoms with Crippen LogP contribution >= 0.6 is 11.3 Å². The number of sulfone groups is 1. The Morgan fingerprint density at radius 2 is 1.83 bits per heavy atom. The van der Waals surface area contributed by atoms with Gasteiger partial charge < -0.3 is 5.32 Å². The predicted octanol–water partition coefficient (Wildman–Crippen LogP) is 4.58. The molecule has 1 amide bonds. The Morgan fingerprint density at radius 3 is 2.55 bits per heavy atom. The van der Waals surface area contributed by atoms with E-state index in [0.717, 1.165) is 49.0 Å². The summed E-state index contributed by atoms with van der Waals surface area (Å²) in [6.45, 7) is 0.